The first-order chi connectivity index (χ1) is 19.9. The third-order valence-electron chi connectivity index (χ3n) is 10.3. The number of fused-ring (bicyclic) bond motifs is 4. The zero-order valence-electron chi connectivity index (χ0n) is 23.8. The molecule has 1 aromatic heterocycles. The first-order valence-corrected chi connectivity index (χ1v) is 15.0. The van der Waals surface area contributed by atoms with E-state index < -0.39 is 5.97 Å². The highest BCUT2D eigenvalue weighted by molar-refractivity contribution is 5.92. The van der Waals surface area contributed by atoms with Gasteiger partial charge in [-0.25, -0.2) is 9.78 Å². The van der Waals surface area contributed by atoms with E-state index in [9.17, 15) is 9.90 Å². The van der Waals surface area contributed by atoms with E-state index in [1.165, 1.54) is 55.2 Å². The molecule has 3 aromatic carbocycles. The maximum absolute atomic E-state index is 11.7. The molecule has 3 saturated carbocycles. The van der Waals surface area contributed by atoms with E-state index in [0.29, 0.717) is 12.2 Å². The van der Waals surface area contributed by atoms with Crippen molar-refractivity contribution in [3.8, 4) is 5.75 Å². The van der Waals surface area contributed by atoms with E-state index >= 15 is 0 Å². The molecule has 41 heavy (non-hydrogen) atoms. The van der Waals surface area contributed by atoms with Crippen molar-refractivity contribution in [1.29, 1.82) is 0 Å². The predicted octanol–water partition coefficient (Wildman–Crippen LogP) is 7.25. The second-order valence-electron chi connectivity index (χ2n) is 12.6. The Labute approximate surface area is 241 Å². The summed E-state index contributed by atoms with van der Waals surface area (Å²) in [7, 11) is 0. The molecule has 0 unspecified atom stereocenters. The van der Waals surface area contributed by atoms with Crippen molar-refractivity contribution < 1.29 is 19.4 Å². The molecule has 1 saturated heterocycles. The highest BCUT2D eigenvalue weighted by atomic mass is 16.5. The first kappa shape index (κ1) is 26.3. The summed E-state index contributed by atoms with van der Waals surface area (Å²) in [4.78, 5) is 16.8. The van der Waals surface area contributed by atoms with Crippen LogP contribution in [0.2, 0.25) is 0 Å². The lowest BCUT2D eigenvalue weighted by Gasteiger charge is -2.54. The van der Waals surface area contributed by atoms with Gasteiger partial charge in [0.25, 0.3) is 0 Å². The maximum atomic E-state index is 11.7. The molecule has 2 bridgehead atoms. The largest absolute Gasteiger partial charge is 0.489 e. The van der Waals surface area contributed by atoms with Crippen molar-refractivity contribution in [2.24, 2.45) is 5.41 Å². The van der Waals surface area contributed by atoms with E-state index in [1.807, 2.05) is 12.1 Å². The van der Waals surface area contributed by atoms with Gasteiger partial charge in [-0.1, -0.05) is 42.5 Å². The highest BCUT2D eigenvalue weighted by Crippen LogP contribution is 2.59. The summed E-state index contributed by atoms with van der Waals surface area (Å²) in [6.07, 6.45) is 9.27. The summed E-state index contributed by atoms with van der Waals surface area (Å²) in [5.41, 5.74) is 6.50. The third kappa shape index (κ3) is 4.82. The minimum Gasteiger partial charge on any atom is -0.489 e. The van der Waals surface area contributed by atoms with Crippen molar-refractivity contribution in [1.82, 2.24) is 9.55 Å². The van der Waals surface area contributed by atoms with Gasteiger partial charge in [0.15, 0.2) is 0 Å². The fraction of sp³-hybridized carbons (Fsp3) is 0.429. The lowest BCUT2D eigenvalue weighted by atomic mass is 9.50. The van der Waals surface area contributed by atoms with E-state index in [4.69, 9.17) is 14.5 Å². The minimum atomic E-state index is -0.902. The fourth-order valence-corrected chi connectivity index (χ4v) is 7.63. The SMILES string of the molecule is Cc1c(OCc2ccccc2)cccc1C12CCC(Cc3nc4ccc(C(=O)O)cc4n3C[C@@H]3CCO3)(CC1)CC2. The summed E-state index contributed by atoms with van der Waals surface area (Å²) in [6.45, 7) is 4.36. The lowest BCUT2D eigenvalue weighted by Crippen LogP contribution is -2.46. The Morgan fingerprint density at radius 2 is 1.78 bits per heavy atom. The molecule has 4 fully saturated rings. The zero-order valence-corrected chi connectivity index (χ0v) is 23.8. The van der Waals surface area contributed by atoms with Crippen LogP contribution < -0.4 is 4.74 Å². The molecule has 4 aliphatic rings. The number of carbonyl (C=O) groups is 1. The van der Waals surface area contributed by atoms with E-state index in [0.717, 1.165) is 48.6 Å². The second kappa shape index (κ2) is 10.3. The topological polar surface area (TPSA) is 73.6 Å². The van der Waals surface area contributed by atoms with Gasteiger partial charge in [-0.2, -0.15) is 0 Å². The van der Waals surface area contributed by atoms with Crippen molar-refractivity contribution >= 4 is 17.0 Å². The molecule has 0 amide bonds. The molecule has 2 heterocycles. The number of ether oxygens (including phenoxy) is 2. The molecule has 1 atom stereocenters. The summed E-state index contributed by atoms with van der Waals surface area (Å²) in [6, 6.07) is 22.3. The molecular weight excluding hydrogens is 512 g/mol. The van der Waals surface area contributed by atoms with Crippen LogP contribution in [0.4, 0.5) is 0 Å². The Kier molecular flexibility index (Phi) is 6.61. The Morgan fingerprint density at radius 1 is 1.02 bits per heavy atom. The molecule has 0 radical (unpaired) electrons. The average Bonchev–Trinajstić information content (AvgIpc) is 3.31. The van der Waals surface area contributed by atoms with Crippen LogP contribution in [0.5, 0.6) is 5.75 Å². The van der Waals surface area contributed by atoms with E-state index in [-0.39, 0.29) is 16.9 Å². The molecule has 3 aliphatic carbocycles. The molecule has 6 heteroatoms. The number of hydrogen-bond acceptors (Lipinski definition) is 4. The lowest BCUT2D eigenvalue weighted by molar-refractivity contribution is -0.0594. The molecule has 1 aliphatic heterocycles. The van der Waals surface area contributed by atoms with Crippen LogP contribution in [0, 0.1) is 12.3 Å². The number of aromatic carboxylic acids is 1. The molecule has 1 N–H and O–H groups in total. The Bertz CT molecular complexity index is 1560. The van der Waals surface area contributed by atoms with Crippen LogP contribution in [0.25, 0.3) is 11.0 Å². The third-order valence-corrected chi connectivity index (χ3v) is 10.3. The highest BCUT2D eigenvalue weighted by Gasteiger charge is 2.50. The molecular formula is C35H38N2O4. The van der Waals surface area contributed by atoms with Crippen molar-refractivity contribution in [2.45, 2.75) is 83.0 Å². The maximum Gasteiger partial charge on any atom is 0.335 e. The van der Waals surface area contributed by atoms with Crippen molar-refractivity contribution in [3.05, 3.63) is 94.8 Å². The number of nitrogens with zero attached hydrogens (tertiary/aromatic N) is 2. The first-order valence-electron chi connectivity index (χ1n) is 15.0. The second-order valence-corrected chi connectivity index (χ2v) is 12.6. The van der Waals surface area contributed by atoms with Gasteiger partial charge in [0.1, 0.15) is 18.2 Å². The predicted molar refractivity (Wildman–Crippen MR) is 159 cm³/mol. The van der Waals surface area contributed by atoms with Crippen molar-refractivity contribution in [3.63, 3.8) is 0 Å². The molecule has 8 rings (SSSR count). The number of benzene rings is 3. The van der Waals surface area contributed by atoms with Crippen molar-refractivity contribution in [2.75, 3.05) is 6.61 Å². The monoisotopic (exact) mass is 550 g/mol. The van der Waals surface area contributed by atoms with Gasteiger partial charge in [-0.05, 0) is 104 Å². The normalized spacial score (nSPS) is 25.2. The smallest absolute Gasteiger partial charge is 0.335 e. The van der Waals surface area contributed by atoms with E-state index in [2.05, 4.69) is 54.0 Å². The van der Waals surface area contributed by atoms with Gasteiger partial charge in [-0.15, -0.1) is 0 Å². The van der Waals surface area contributed by atoms with Crippen LogP contribution >= 0.6 is 0 Å². The van der Waals surface area contributed by atoms with Gasteiger partial charge in [-0.3, -0.25) is 0 Å². The van der Waals surface area contributed by atoms with E-state index in [1.54, 1.807) is 12.1 Å². The zero-order chi connectivity index (χ0) is 28.0. The van der Waals surface area contributed by atoms with Crippen LogP contribution in [-0.4, -0.2) is 33.3 Å². The van der Waals surface area contributed by atoms with Gasteiger partial charge in [0.05, 0.1) is 29.2 Å². The summed E-state index contributed by atoms with van der Waals surface area (Å²) in [5, 5.41) is 9.60. The minimum absolute atomic E-state index is 0.182. The number of rotatable bonds is 9. The van der Waals surface area contributed by atoms with Gasteiger partial charge in [0.2, 0.25) is 0 Å². The van der Waals surface area contributed by atoms with Gasteiger partial charge >= 0.3 is 5.97 Å². The van der Waals surface area contributed by atoms with Crippen LogP contribution in [0.1, 0.15) is 77.8 Å². The number of imidazole rings is 1. The standard InChI is InChI=1S/C35H38N2O4/c1-24-28(8-5-9-31(24)41-23-25-6-3-2-4-7-25)35-16-13-34(14-17-35,15-18-35)21-32-36-29-11-10-26(33(38)39)20-30(29)37(32)22-27-12-19-40-27/h2-11,20,27H,12-19,21-23H2,1H3,(H,38,39)/t27-,34?,35?/m0/s1. The quantitative estimate of drug-likeness (QED) is 0.238. The summed E-state index contributed by atoms with van der Waals surface area (Å²) < 4.78 is 14.4. The van der Waals surface area contributed by atoms with Crippen LogP contribution in [0.3, 0.4) is 0 Å². The number of carboxylic acid groups (broad SMARTS) is 1. The van der Waals surface area contributed by atoms with Gasteiger partial charge in [0, 0.05) is 13.0 Å². The Morgan fingerprint density at radius 3 is 2.46 bits per heavy atom. The Balaban J connectivity index is 1.11. The molecule has 6 nitrogen and oxygen atoms in total. The Hall–Kier alpha value is -3.64. The summed E-state index contributed by atoms with van der Waals surface area (Å²) >= 11 is 0. The molecule has 4 aromatic rings. The molecule has 212 valence electrons. The number of aromatic nitrogens is 2. The number of hydrogen-bond donors (Lipinski definition) is 1. The van der Waals surface area contributed by atoms with Crippen LogP contribution in [-0.2, 0) is 29.7 Å². The average molecular weight is 551 g/mol. The summed E-state index contributed by atoms with van der Waals surface area (Å²) in [5.74, 6) is 1.18. The molecule has 0 spiro atoms. The van der Waals surface area contributed by atoms with Crippen LogP contribution in [0.15, 0.2) is 66.7 Å². The van der Waals surface area contributed by atoms with Gasteiger partial charge < -0.3 is 19.1 Å². The number of carboxylic acids is 1. The fourth-order valence-electron chi connectivity index (χ4n) is 7.63.